The van der Waals surface area contributed by atoms with E-state index in [-0.39, 0.29) is 18.6 Å². The van der Waals surface area contributed by atoms with Crippen LogP contribution < -0.4 is 4.74 Å². The topological polar surface area (TPSA) is 113 Å². The number of amides is 1. The normalized spacial score (nSPS) is 12.2. The van der Waals surface area contributed by atoms with Crippen molar-refractivity contribution in [1.29, 1.82) is 0 Å². The van der Waals surface area contributed by atoms with Crippen LogP contribution in [-0.4, -0.2) is 62.5 Å². The minimum atomic E-state index is -0.416. The molecule has 1 aromatic carbocycles. The molecule has 0 aliphatic carbocycles. The van der Waals surface area contributed by atoms with Crippen molar-refractivity contribution >= 4 is 57.7 Å². The maximum Gasteiger partial charge on any atom is 0.325 e. The number of nitrogens with zero attached hydrogens (tertiary/aromatic N) is 3. The van der Waals surface area contributed by atoms with Gasteiger partial charge in [0.05, 0.1) is 35.5 Å². The second-order valence-electron chi connectivity index (χ2n) is 11.3. The minimum absolute atomic E-state index is 0.0712. The molecule has 0 unspecified atom stereocenters. The van der Waals surface area contributed by atoms with E-state index in [4.69, 9.17) is 19.4 Å². The molecule has 2 N–H and O–H groups in total. The predicted octanol–water partition coefficient (Wildman–Crippen LogP) is 6.64. The summed E-state index contributed by atoms with van der Waals surface area (Å²) in [5.41, 5.74) is 9.14. The number of hydrogen-bond acceptors (Lipinski definition) is 6. The van der Waals surface area contributed by atoms with Crippen molar-refractivity contribution < 1.29 is 19.1 Å². The smallest absolute Gasteiger partial charge is 0.325 e. The predicted molar refractivity (Wildman–Crippen MR) is 177 cm³/mol. The molecule has 3 aromatic heterocycles. The van der Waals surface area contributed by atoms with Crippen LogP contribution in [0, 0.1) is 0 Å². The van der Waals surface area contributed by atoms with Gasteiger partial charge in [-0.25, -0.2) is 9.97 Å². The Morgan fingerprint density at radius 1 is 0.822 bits per heavy atom. The van der Waals surface area contributed by atoms with Gasteiger partial charge in [-0.15, -0.1) is 0 Å². The summed E-state index contributed by atoms with van der Waals surface area (Å²) >= 11 is 0. The Balaban J connectivity index is 1.25. The highest BCUT2D eigenvalue weighted by atomic mass is 16.5. The van der Waals surface area contributed by atoms with Crippen molar-refractivity contribution in [2.75, 3.05) is 19.7 Å². The summed E-state index contributed by atoms with van der Waals surface area (Å²) in [5, 5.41) is 0. The number of rotatable bonds is 9. The van der Waals surface area contributed by atoms with Gasteiger partial charge in [0.1, 0.15) is 12.3 Å². The number of nitrogens with one attached hydrogen (secondary N) is 2. The molecule has 0 spiro atoms. The maximum absolute atomic E-state index is 12.0. The van der Waals surface area contributed by atoms with Crippen LogP contribution in [0.5, 0.6) is 5.75 Å². The van der Waals surface area contributed by atoms with Gasteiger partial charge >= 0.3 is 5.97 Å². The molecule has 0 atom stereocenters. The zero-order valence-electron chi connectivity index (χ0n) is 25.5. The van der Waals surface area contributed by atoms with Crippen LogP contribution in [0.15, 0.2) is 72.8 Å². The Bertz CT molecular complexity index is 1970. The van der Waals surface area contributed by atoms with Crippen molar-refractivity contribution in [2.45, 2.75) is 33.3 Å². The Morgan fingerprint density at radius 2 is 1.49 bits per heavy atom. The van der Waals surface area contributed by atoms with Crippen molar-refractivity contribution in [3.63, 3.8) is 0 Å². The lowest BCUT2D eigenvalue weighted by Gasteiger charge is -2.20. The lowest BCUT2D eigenvalue weighted by molar-refractivity contribution is -0.152. The van der Waals surface area contributed by atoms with Gasteiger partial charge in [0.2, 0.25) is 5.91 Å². The minimum Gasteiger partial charge on any atom is -0.494 e. The van der Waals surface area contributed by atoms with Gasteiger partial charge in [-0.1, -0.05) is 12.1 Å². The number of benzene rings is 1. The quantitative estimate of drug-likeness (QED) is 0.142. The van der Waals surface area contributed by atoms with Crippen molar-refractivity contribution in [2.24, 2.45) is 0 Å². The molecule has 0 radical (unpaired) electrons. The molecule has 9 nitrogen and oxygen atoms in total. The highest BCUT2D eigenvalue weighted by Crippen LogP contribution is 2.31. The third kappa shape index (κ3) is 7.56. The monoisotopic (exact) mass is 601 g/mol. The number of fused-ring (bicyclic) bond motifs is 8. The van der Waals surface area contributed by atoms with Gasteiger partial charge in [-0.2, -0.15) is 0 Å². The number of esters is 1. The molecular weight excluding hydrogens is 566 g/mol. The Morgan fingerprint density at radius 3 is 2.18 bits per heavy atom. The van der Waals surface area contributed by atoms with E-state index < -0.39 is 5.97 Å². The van der Waals surface area contributed by atoms with Crippen molar-refractivity contribution in [3.05, 3.63) is 101 Å². The average molecular weight is 602 g/mol. The second kappa shape index (κ2) is 13.1. The van der Waals surface area contributed by atoms with Crippen LogP contribution in [0.4, 0.5) is 0 Å². The van der Waals surface area contributed by atoms with E-state index in [9.17, 15) is 9.59 Å². The Labute approximate surface area is 261 Å². The molecular formula is C36H35N5O4. The number of ether oxygens (including phenoxy) is 2. The third-order valence-corrected chi connectivity index (χ3v) is 7.28. The van der Waals surface area contributed by atoms with E-state index in [1.165, 1.54) is 11.8 Å². The average Bonchev–Trinajstić information content (AvgIpc) is 3.80. The fourth-order valence-electron chi connectivity index (χ4n) is 5.25. The van der Waals surface area contributed by atoms with Crippen molar-refractivity contribution in [1.82, 2.24) is 24.8 Å². The van der Waals surface area contributed by atoms with Crippen molar-refractivity contribution in [3.8, 4) is 5.75 Å². The Kier molecular flexibility index (Phi) is 8.59. The summed E-state index contributed by atoms with van der Waals surface area (Å²) in [4.78, 5) is 42.2. The number of aromatic amines is 2. The fraction of sp³-hybridized carbons (Fsp3) is 0.222. The highest BCUT2D eigenvalue weighted by Gasteiger charge is 2.17. The van der Waals surface area contributed by atoms with Gasteiger partial charge in [-0.05, 0) is 105 Å². The first kappa shape index (κ1) is 29.6. The standard InChI is InChI=1S/C36H35N5O4/c1-23(2)45-36(43)22-41(24(3)42)14-5-15-44-33-7-4-6-25(16-33)34-20-32-19-30-11-10-28(38-30)17-26-8-9-27(37-26)18-29-12-13-31(39-29)21-35(34)40-32/h4,6-13,16-21,23,37-38H,5,14-15,22H2,1-3H3. The molecule has 5 heterocycles. The SMILES string of the molecule is CC(=O)N(CCCOc1cccc(C2=Cc3cc4ccc(cc5ccc(cc6nc(cc2n3)C=C6)[nH]5)[nH]4)c1)CC(=O)OC(C)C. The van der Waals surface area contributed by atoms with Gasteiger partial charge in [-0.3, -0.25) is 9.59 Å². The maximum atomic E-state index is 12.0. The molecule has 0 saturated heterocycles. The summed E-state index contributed by atoms with van der Waals surface area (Å²) in [7, 11) is 0. The summed E-state index contributed by atoms with van der Waals surface area (Å²) in [6.07, 6.45) is 6.40. The van der Waals surface area contributed by atoms with E-state index in [2.05, 4.69) is 22.1 Å². The van der Waals surface area contributed by atoms with Gasteiger partial charge in [0.25, 0.3) is 0 Å². The summed E-state index contributed by atoms with van der Waals surface area (Å²) in [6.45, 7) is 5.72. The number of carbonyl (C=O) groups is 2. The number of hydrogen-bond donors (Lipinski definition) is 2. The Hall–Kier alpha value is -5.44. The first-order valence-corrected chi connectivity index (χ1v) is 15.0. The molecule has 0 fully saturated rings. The summed E-state index contributed by atoms with van der Waals surface area (Å²) in [5.74, 6) is 0.109. The van der Waals surface area contributed by atoms with E-state index in [0.717, 1.165) is 56.0 Å². The molecule has 0 saturated carbocycles. The third-order valence-electron chi connectivity index (χ3n) is 7.28. The highest BCUT2D eigenvalue weighted by molar-refractivity contribution is 5.93. The van der Waals surface area contributed by atoms with Gasteiger partial charge in [0, 0.05) is 41.1 Å². The first-order valence-electron chi connectivity index (χ1n) is 15.0. The largest absolute Gasteiger partial charge is 0.494 e. The molecule has 6 rings (SSSR count). The molecule has 2 aliphatic rings. The van der Waals surface area contributed by atoms with Crippen LogP contribution in [0.25, 0.3) is 45.9 Å². The fourth-order valence-corrected chi connectivity index (χ4v) is 5.25. The number of aromatic nitrogens is 4. The van der Waals surface area contributed by atoms with E-state index >= 15 is 0 Å². The number of carbonyl (C=O) groups excluding carboxylic acids is 2. The molecule has 8 bridgehead atoms. The zero-order chi connectivity index (χ0) is 31.3. The number of H-pyrrole nitrogens is 2. The zero-order valence-corrected chi connectivity index (χ0v) is 25.5. The van der Waals surface area contributed by atoms with Gasteiger partial charge < -0.3 is 24.3 Å². The first-order chi connectivity index (χ1) is 21.8. The van der Waals surface area contributed by atoms with E-state index in [0.29, 0.717) is 25.3 Å². The van der Waals surface area contributed by atoms with E-state index in [1.54, 1.807) is 13.8 Å². The molecule has 228 valence electrons. The van der Waals surface area contributed by atoms with Crippen LogP contribution in [0.3, 0.4) is 0 Å². The van der Waals surface area contributed by atoms with Crippen LogP contribution >= 0.6 is 0 Å². The van der Waals surface area contributed by atoms with E-state index in [1.807, 2.05) is 78.9 Å². The van der Waals surface area contributed by atoms with Crippen LogP contribution in [0.1, 0.15) is 55.5 Å². The lowest BCUT2D eigenvalue weighted by Crippen LogP contribution is -2.36. The van der Waals surface area contributed by atoms with Crippen LogP contribution in [0.2, 0.25) is 0 Å². The summed E-state index contributed by atoms with van der Waals surface area (Å²) < 4.78 is 11.3. The lowest BCUT2D eigenvalue weighted by atomic mass is 10.0. The molecule has 45 heavy (non-hydrogen) atoms. The summed E-state index contributed by atoms with van der Waals surface area (Å²) in [6, 6.07) is 24.2. The molecule has 1 amide bonds. The van der Waals surface area contributed by atoms with Gasteiger partial charge in [0.15, 0.2) is 0 Å². The molecule has 4 aromatic rings. The molecule has 9 heteroatoms. The second-order valence-corrected chi connectivity index (χ2v) is 11.3. The van der Waals surface area contributed by atoms with Crippen LogP contribution in [-0.2, 0) is 14.3 Å². The molecule has 2 aliphatic heterocycles.